The maximum Gasteiger partial charge on any atom is 0.174 e. The summed E-state index contributed by atoms with van der Waals surface area (Å²) in [6.45, 7) is 0.149. The zero-order valence-corrected chi connectivity index (χ0v) is 8.12. The number of nitrogens with zero attached hydrogens (tertiary/aromatic N) is 1. The van der Waals surface area contributed by atoms with Crippen molar-refractivity contribution < 1.29 is 4.74 Å². The minimum Gasteiger partial charge on any atom is -0.478 e. The van der Waals surface area contributed by atoms with Crippen molar-refractivity contribution in [3.05, 3.63) is 29.3 Å². The monoisotopic (exact) mass is 187 g/mol. The summed E-state index contributed by atoms with van der Waals surface area (Å²) in [4.78, 5) is 0. The summed E-state index contributed by atoms with van der Waals surface area (Å²) >= 11 is 0. The molecule has 72 valence electrons. The van der Waals surface area contributed by atoms with E-state index in [1.165, 1.54) is 24.0 Å². The molecular formula is C12H13NO. The van der Waals surface area contributed by atoms with Crippen LogP contribution in [0.5, 0.6) is 5.75 Å². The summed E-state index contributed by atoms with van der Waals surface area (Å²) in [5, 5.41) is 8.46. The van der Waals surface area contributed by atoms with Gasteiger partial charge in [-0.2, -0.15) is 5.26 Å². The second-order valence-electron chi connectivity index (χ2n) is 3.55. The quantitative estimate of drug-likeness (QED) is 0.712. The van der Waals surface area contributed by atoms with Gasteiger partial charge in [-0.25, -0.2) is 0 Å². The standard InChI is InChI=1S/C12H13NO/c13-8-9-14-12-7-3-5-10-4-1-2-6-11(10)12/h3,5,7H,1-2,4,6,9H2. The van der Waals surface area contributed by atoms with E-state index in [1.54, 1.807) is 0 Å². The van der Waals surface area contributed by atoms with Gasteiger partial charge in [0.2, 0.25) is 0 Å². The topological polar surface area (TPSA) is 33.0 Å². The molecule has 0 spiro atoms. The van der Waals surface area contributed by atoms with Gasteiger partial charge in [0.25, 0.3) is 0 Å². The molecule has 0 heterocycles. The average molecular weight is 187 g/mol. The first kappa shape index (κ1) is 9.08. The molecule has 0 N–H and O–H groups in total. The van der Waals surface area contributed by atoms with E-state index in [9.17, 15) is 0 Å². The van der Waals surface area contributed by atoms with Crippen LogP contribution in [0.1, 0.15) is 24.0 Å². The molecule has 1 aliphatic carbocycles. The van der Waals surface area contributed by atoms with Gasteiger partial charge in [0.15, 0.2) is 6.61 Å². The minimum atomic E-state index is 0.149. The van der Waals surface area contributed by atoms with Gasteiger partial charge in [0, 0.05) is 0 Å². The average Bonchev–Trinajstić information content (AvgIpc) is 2.26. The molecule has 1 aromatic carbocycles. The first-order chi connectivity index (χ1) is 6.92. The van der Waals surface area contributed by atoms with Crippen LogP contribution in [0.2, 0.25) is 0 Å². The van der Waals surface area contributed by atoms with Crippen LogP contribution in [0.15, 0.2) is 18.2 Å². The number of hydrogen-bond donors (Lipinski definition) is 0. The molecular weight excluding hydrogens is 174 g/mol. The third-order valence-electron chi connectivity index (χ3n) is 2.65. The van der Waals surface area contributed by atoms with E-state index in [-0.39, 0.29) is 6.61 Å². The van der Waals surface area contributed by atoms with Crippen molar-refractivity contribution in [1.82, 2.24) is 0 Å². The number of rotatable bonds is 2. The number of nitriles is 1. The van der Waals surface area contributed by atoms with Crippen molar-refractivity contribution in [2.45, 2.75) is 25.7 Å². The van der Waals surface area contributed by atoms with Crippen molar-refractivity contribution >= 4 is 0 Å². The first-order valence-electron chi connectivity index (χ1n) is 5.02. The van der Waals surface area contributed by atoms with Crippen LogP contribution in [0.25, 0.3) is 0 Å². The lowest BCUT2D eigenvalue weighted by atomic mass is 9.91. The third kappa shape index (κ3) is 1.72. The van der Waals surface area contributed by atoms with Gasteiger partial charge in [-0.3, -0.25) is 0 Å². The Morgan fingerprint density at radius 1 is 1.29 bits per heavy atom. The molecule has 2 rings (SSSR count). The summed E-state index contributed by atoms with van der Waals surface area (Å²) in [6, 6.07) is 8.13. The van der Waals surface area contributed by atoms with Gasteiger partial charge in [-0.05, 0) is 42.9 Å². The Morgan fingerprint density at radius 2 is 2.14 bits per heavy atom. The second kappa shape index (κ2) is 4.15. The predicted octanol–water partition coefficient (Wildman–Crippen LogP) is 2.47. The van der Waals surface area contributed by atoms with E-state index < -0.39 is 0 Å². The number of ether oxygens (including phenoxy) is 1. The van der Waals surface area contributed by atoms with Gasteiger partial charge in [-0.1, -0.05) is 12.1 Å². The summed E-state index contributed by atoms with van der Waals surface area (Å²) in [5.74, 6) is 0.906. The normalized spacial score (nSPS) is 14.2. The molecule has 1 aliphatic rings. The molecule has 0 fully saturated rings. The Morgan fingerprint density at radius 3 is 3.00 bits per heavy atom. The van der Waals surface area contributed by atoms with Crippen LogP contribution >= 0.6 is 0 Å². The molecule has 0 atom stereocenters. The number of benzene rings is 1. The SMILES string of the molecule is N#CCOc1cccc2c1CCCC2. The van der Waals surface area contributed by atoms with E-state index in [2.05, 4.69) is 6.07 Å². The van der Waals surface area contributed by atoms with Crippen LogP contribution in [0.4, 0.5) is 0 Å². The zero-order valence-electron chi connectivity index (χ0n) is 8.12. The van der Waals surface area contributed by atoms with Crippen LogP contribution in [-0.4, -0.2) is 6.61 Å². The van der Waals surface area contributed by atoms with Gasteiger partial charge in [-0.15, -0.1) is 0 Å². The van der Waals surface area contributed by atoms with Crippen LogP contribution < -0.4 is 4.74 Å². The second-order valence-corrected chi connectivity index (χ2v) is 3.55. The van der Waals surface area contributed by atoms with E-state index in [4.69, 9.17) is 10.00 Å². The maximum absolute atomic E-state index is 8.46. The van der Waals surface area contributed by atoms with Crippen molar-refractivity contribution in [3.63, 3.8) is 0 Å². The Bertz CT molecular complexity index is 365. The lowest BCUT2D eigenvalue weighted by molar-refractivity contribution is 0.361. The van der Waals surface area contributed by atoms with Crippen molar-refractivity contribution in [2.24, 2.45) is 0 Å². The van der Waals surface area contributed by atoms with Gasteiger partial charge >= 0.3 is 0 Å². The highest BCUT2D eigenvalue weighted by atomic mass is 16.5. The molecule has 2 heteroatoms. The summed E-state index contributed by atoms with van der Waals surface area (Å²) in [6.07, 6.45) is 4.75. The number of hydrogen-bond acceptors (Lipinski definition) is 2. The number of fused-ring (bicyclic) bond motifs is 1. The summed E-state index contributed by atoms with van der Waals surface area (Å²) < 4.78 is 5.39. The predicted molar refractivity (Wildman–Crippen MR) is 54.2 cm³/mol. The largest absolute Gasteiger partial charge is 0.478 e. The highest BCUT2D eigenvalue weighted by Gasteiger charge is 2.13. The Balaban J connectivity index is 2.27. The molecule has 0 aromatic heterocycles. The van der Waals surface area contributed by atoms with Crippen molar-refractivity contribution in [1.29, 1.82) is 5.26 Å². The molecule has 0 saturated carbocycles. The van der Waals surface area contributed by atoms with Crippen LogP contribution in [-0.2, 0) is 12.8 Å². The summed E-state index contributed by atoms with van der Waals surface area (Å²) in [5.41, 5.74) is 2.71. The molecule has 0 aliphatic heterocycles. The maximum atomic E-state index is 8.46. The zero-order chi connectivity index (χ0) is 9.80. The Labute approximate surface area is 84.1 Å². The highest BCUT2D eigenvalue weighted by molar-refractivity contribution is 5.41. The molecule has 14 heavy (non-hydrogen) atoms. The van der Waals surface area contributed by atoms with E-state index in [1.807, 2.05) is 18.2 Å². The molecule has 0 unspecified atom stereocenters. The third-order valence-corrected chi connectivity index (χ3v) is 2.65. The molecule has 0 amide bonds. The van der Waals surface area contributed by atoms with Crippen LogP contribution in [0.3, 0.4) is 0 Å². The fourth-order valence-corrected chi connectivity index (χ4v) is 1.99. The molecule has 0 radical (unpaired) electrons. The van der Waals surface area contributed by atoms with Gasteiger partial charge in [0.1, 0.15) is 11.8 Å². The lowest BCUT2D eigenvalue weighted by Gasteiger charge is -2.18. The van der Waals surface area contributed by atoms with E-state index >= 15 is 0 Å². The Hall–Kier alpha value is -1.49. The Kier molecular flexibility index (Phi) is 2.69. The van der Waals surface area contributed by atoms with E-state index in [0.29, 0.717) is 0 Å². The minimum absolute atomic E-state index is 0.149. The molecule has 2 nitrogen and oxygen atoms in total. The molecule has 0 bridgehead atoms. The fraction of sp³-hybridized carbons (Fsp3) is 0.417. The lowest BCUT2D eigenvalue weighted by Crippen LogP contribution is -2.06. The summed E-state index contributed by atoms with van der Waals surface area (Å²) in [7, 11) is 0. The molecule has 0 saturated heterocycles. The molecule has 1 aromatic rings. The van der Waals surface area contributed by atoms with Crippen molar-refractivity contribution in [2.75, 3.05) is 6.61 Å². The number of aryl methyl sites for hydroxylation is 1. The highest BCUT2D eigenvalue weighted by Crippen LogP contribution is 2.29. The van der Waals surface area contributed by atoms with Gasteiger partial charge < -0.3 is 4.74 Å². The van der Waals surface area contributed by atoms with E-state index in [0.717, 1.165) is 18.6 Å². The fourth-order valence-electron chi connectivity index (χ4n) is 1.99. The van der Waals surface area contributed by atoms with Gasteiger partial charge in [0.05, 0.1) is 0 Å². The van der Waals surface area contributed by atoms with Crippen LogP contribution in [0, 0.1) is 11.3 Å². The smallest absolute Gasteiger partial charge is 0.174 e. The van der Waals surface area contributed by atoms with Crippen molar-refractivity contribution in [3.8, 4) is 11.8 Å². The first-order valence-corrected chi connectivity index (χ1v) is 5.02.